The lowest BCUT2D eigenvalue weighted by molar-refractivity contribution is -0.142. The van der Waals surface area contributed by atoms with Crippen molar-refractivity contribution in [1.82, 2.24) is 15.0 Å². The largest absolute Gasteiger partial charge is 0.493 e. The van der Waals surface area contributed by atoms with Gasteiger partial charge in [-0.1, -0.05) is 5.16 Å². The summed E-state index contributed by atoms with van der Waals surface area (Å²) in [6.07, 6.45) is 0.921. The molecule has 168 valence electrons. The maximum atomic E-state index is 13.2. The van der Waals surface area contributed by atoms with E-state index in [2.05, 4.69) is 15.0 Å². The fraction of sp³-hybridized carbons (Fsp3) is 0.348. The molecule has 8 nitrogen and oxygen atoms in total. The Labute approximate surface area is 184 Å². The van der Waals surface area contributed by atoms with Crippen molar-refractivity contribution < 1.29 is 27.9 Å². The summed E-state index contributed by atoms with van der Waals surface area (Å²) in [6.45, 7) is 1.03. The number of ether oxygens (including phenoxy) is 3. The van der Waals surface area contributed by atoms with E-state index >= 15 is 0 Å². The van der Waals surface area contributed by atoms with E-state index in [1.54, 1.807) is 26.4 Å². The first kappa shape index (κ1) is 21.8. The van der Waals surface area contributed by atoms with Crippen LogP contribution in [0.25, 0.3) is 11.4 Å². The molecule has 0 radical (unpaired) electrons. The zero-order chi connectivity index (χ0) is 22.7. The van der Waals surface area contributed by atoms with Crippen LogP contribution in [0.15, 0.2) is 40.9 Å². The van der Waals surface area contributed by atoms with Crippen LogP contribution in [0.4, 0.5) is 4.39 Å². The number of carbonyl (C=O) groups excluding carboxylic acids is 1. The molecule has 3 aromatic rings. The average molecular weight is 441 g/mol. The van der Waals surface area contributed by atoms with Crippen molar-refractivity contribution in [2.24, 2.45) is 0 Å². The highest BCUT2D eigenvalue weighted by Crippen LogP contribution is 2.40. The quantitative estimate of drug-likeness (QED) is 0.515. The van der Waals surface area contributed by atoms with Gasteiger partial charge in [0.25, 0.3) is 0 Å². The van der Waals surface area contributed by atoms with E-state index in [0.29, 0.717) is 41.9 Å². The van der Waals surface area contributed by atoms with Crippen LogP contribution in [-0.4, -0.2) is 48.9 Å². The summed E-state index contributed by atoms with van der Waals surface area (Å²) < 4.78 is 34.5. The number of fused-ring (bicyclic) bond motifs is 1. The number of hydrogen-bond acceptors (Lipinski definition) is 8. The Bertz CT molecular complexity index is 1100. The Hall–Kier alpha value is -3.46. The Morgan fingerprint density at radius 1 is 1.16 bits per heavy atom. The molecule has 0 N–H and O–H groups in total. The molecule has 0 bridgehead atoms. The summed E-state index contributed by atoms with van der Waals surface area (Å²) in [5.74, 6) is 1.38. The van der Waals surface area contributed by atoms with Crippen LogP contribution in [-0.2, 0) is 22.5 Å². The average Bonchev–Trinajstić information content (AvgIpc) is 3.28. The Morgan fingerprint density at radius 2 is 1.88 bits per heavy atom. The molecule has 1 aromatic heterocycles. The predicted octanol–water partition coefficient (Wildman–Crippen LogP) is 3.56. The maximum Gasteiger partial charge on any atom is 0.307 e. The van der Waals surface area contributed by atoms with Crippen LogP contribution in [0.5, 0.6) is 11.5 Å². The number of methoxy groups -OCH3 is 3. The van der Waals surface area contributed by atoms with Crippen molar-refractivity contribution >= 4 is 5.97 Å². The Morgan fingerprint density at radius 3 is 2.56 bits per heavy atom. The zero-order valence-electron chi connectivity index (χ0n) is 18.1. The van der Waals surface area contributed by atoms with Gasteiger partial charge >= 0.3 is 5.97 Å². The van der Waals surface area contributed by atoms with Crippen LogP contribution in [0.3, 0.4) is 0 Å². The van der Waals surface area contributed by atoms with Gasteiger partial charge in [-0.05, 0) is 53.9 Å². The fourth-order valence-electron chi connectivity index (χ4n) is 3.96. The third-order valence-corrected chi connectivity index (χ3v) is 5.61. The van der Waals surface area contributed by atoms with Crippen molar-refractivity contribution in [1.29, 1.82) is 0 Å². The van der Waals surface area contributed by atoms with E-state index in [1.807, 2.05) is 12.1 Å². The molecule has 0 saturated carbocycles. The first-order chi connectivity index (χ1) is 15.5. The minimum Gasteiger partial charge on any atom is -0.493 e. The smallest absolute Gasteiger partial charge is 0.307 e. The molecule has 1 atom stereocenters. The third kappa shape index (κ3) is 4.43. The predicted molar refractivity (Wildman–Crippen MR) is 113 cm³/mol. The van der Waals surface area contributed by atoms with Crippen LogP contribution < -0.4 is 9.47 Å². The summed E-state index contributed by atoms with van der Waals surface area (Å²) in [6, 6.07) is 9.50. The molecule has 0 spiro atoms. The Kier molecular flexibility index (Phi) is 6.36. The van der Waals surface area contributed by atoms with Crippen LogP contribution in [0, 0.1) is 5.82 Å². The van der Waals surface area contributed by atoms with Crippen LogP contribution >= 0.6 is 0 Å². The minimum atomic E-state index is -0.331. The molecule has 32 heavy (non-hydrogen) atoms. The second kappa shape index (κ2) is 9.35. The molecule has 9 heteroatoms. The number of carbonyl (C=O) groups is 1. The van der Waals surface area contributed by atoms with E-state index in [4.69, 9.17) is 18.7 Å². The van der Waals surface area contributed by atoms with Gasteiger partial charge < -0.3 is 18.7 Å². The van der Waals surface area contributed by atoms with Crippen molar-refractivity contribution in [2.45, 2.75) is 25.4 Å². The molecule has 2 aromatic carbocycles. The molecular weight excluding hydrogens is 417 g/mol. The lowest BCUT2D eigenvalue weighted by atomic mass is 9.90. The number of aromatic nitrogens is 2. The van der Waals surface area contributed by atoms with E-state index < -0.39 is 0 Å². The van der Waals surface area contributed by atoms with Gasteiger partial charge in [0.05, 0.1) is 34.3 Å². The number of halogens is 1. The molecule has 2 heterocycles. The standard InChI is InChI=1S/C23H24FN3O5/c1-29-19-10-15-8-9-27(18(12-22(28)31-3)17(15)11-20(19)30-2)13-21-25-23(26-32-21)14-4-6-16(24)7-5-14/h4-7,10-11,18H,8-9,12-13H2,1-3H3/t18-/m0/s1. The van der Waals surface area contributed by atoms with E-state index in [0.717, 1.165) is 17.5 Å². The van der Waals surface area contributed by atoms with E-state index in [-0.39, 0.29) is 24.2 Å². The van der Waals surface area contributed by atoms with E-state index in [9.17, 15) is 9.18 Å². The SMILES string of the molecule is COC(=O)C[C@H]1c2cc(OC)c(OC)cc2CCN1Cc1nc(-c2ccc(F)cc2)no1. The lowest BCUT2D eigenvalue weighted by Gasteiger charge is -2.36. The lowest BCUT2D eigenvalue weighted by Crippen LogP contribution is -2.36. The van der Waals surface area contributed by atoms with Crippen molar-refractivity contribution in [2.75, 3.05) is 27.9 Å². The molecule has 1 aliphatic rings. The van der Waals surface area contributed by atoms with Crippen molar-refractivity contribution in [3.63, 3.8) is 0 Å². The summed E-state index contributed by atoms with van der Waals surface area (Å²) in [4.78, 5) is 18.8. The normalized spacial score (nSPS) is 15.8. The number of esters is 1. The highest BCUT2D eigenvalue weighted by Gasteiger charge is 2.32. The molecule has 0 unspecified atom stereocenters. The van der Waals surface area contributed by atoms with Gasteiger partial charge in [0.1, 0.15) is 5.82 Å². The van der Waals surface area contributed by atoms with Gasteiger partial charge in [-0.2, -0.15) is 4.98 Å². The zero-order valence-corrected chi connectivity index (χ0v) is 18.1. The number of rotatable bonds is 7. The summed E-state index contributed by atoms with van der Waals surface area (Å²) in [5, 5.41) is 4.01. The van der Waals surface area contributed by atoms with Crippen LogP contribution in [0.2, 0.25) is 0 Å². The fourth-order valence-corrected chi connectivity index (χ4v) is 3.96. The van der Waals surface area contributed by atoms with Crippen molar-refractivity contribution in [3.8, 4) is 22.9 Å². The van der Waals surface area contributed by atoms with Gasteiger partial charge in [-0.3, -0.25) is 9.69 Å². The number of hydrogen-bond donors (Lipinski definition) is 0. The molecule has 0 saturated heterocycles. The molecule has 0 fully saturated rings. The molecule has 0 aliphatic carbocycles. The first-order valence-electron chi connectivity index (χ1n) is 10.2. The third-order valence-electron chi connectivity index (χ3n) is 5.61. The first-order valence-corrected chi connectivity index (χ1v) is 10.2. The van der Waals surface area contributed by atoms with Gasteiger partial charge in [-0.15, -0.1) is 0 Å². The van der Waals surface area contributed by atoms with Crippen LogP contribution in [0.1, 0.15) is 29.5 Å². The van der Waals surface area contributed by atoms with Gasteiger partial charge in [0, 0.05) is 18.2 Å². The highest BCUT2D eigenvalue weighted by molar-refractivity contribution is 5.70. The second-order valence-corrected chi connectivity index (χ2v) is 7.44. The Balaban J connectivity index is 1.62. The summed E-state index contributed by atoms with van der Waals surface area (Å²) in [7, 11) is 4.55. The molecule has 4 rings (SSSR count). The molecule has 1 aliphatic heterocycles. The monoisotopic (exact) mass is 441 g/mol. The van der Waals surface area contributed by atoms with Gasteiger partial charge in [-0.25, -0.2) is 4.39 Å². The summed E-state index contributed by atoms with van der Waals surface area (Å²) in [5.41, 5.74) is 2.72. The number of benzene rings is 2. The number of nitrogens with zero attached hydrogens (tertiary/aromatic N) is 3. The van der Waals surface area contributed by atoms with Crippen molar-refractivity contribution in [3.05, 3.63) is 59.2 Å². The maximum absolute atomic E-state index is 13.2. The highest BCUT2D eigenvalue weighted by atomic mass is 19.1. The summed E-state index contributed by atoms with van der Waals surface area (Å²) >= 11 is 0. The molecule has 0 amide bonds. The van der Waals surface area contributed by atoms with Gasteiger partial charge in [0.2, 0.25) is 11.7 Å². The second-order valence-electron chi connectivity index (χ2n) is 7.44. The molecular formula is C23H24FN3O5. The topological polar surface area (TPSA) is 86.9 Å². The van der Waals surface area contributed by atoms with E-state index in [1.165, 1.54) is 19.2 Å². The van der Waals surface area contributed by atoms with Gasteiger partial charge in [0.15, 0.2) is 11.5 Å². The minimum absolute atomic E-state index is 0.165.